The van der Waals surface area contributed by atoms with Crippen LogP contribution in [-0.4, -0.2) is 14.6 Å². The fourth-order valence-corrected chi connectivity index (χ4v) is 2.40. The van der Waals surface area contributed by atoms with Crippen LogP contribution in [0.4, 0.5) is 0 Å². The molecule has 2 N–H and O–H groups in total. The van der Waals surface area contributed by atoms with Gasteiger partial charge in [-0.2, -0.15) is 0 Å². The Kier molecular flexibility index (Phi) is 2.55. The maximum Gasteiger partial charge on any atom is 0.0685 e. The van der Waals surface area contributed by atoms with Gasteiger partial charge in [0.1, 0.15) is 0 Å². The summed E-state index contributed by atoms with van der Waals surface area (Å²) >= 11 is 1.33. The summed E-state index contributed by atoms with van der Waals surface area (Å²) in [4.78, 5) is 5.11. The molecule has 5 heteroatoms. The van der Waals surface area contributed by atoms with E-state index in [9.17, 15) is 0 Å². The third kappa shape index (κ3) is 1.79. The highest BCUT2D eigenvalue weighted by atomic mass is 32.1. The Morgan fingerprint density at radius 2 is 2.12 bits per heavy atom. The minimum Gasteiger partial charge on any atom is -0.319 e. The zero-order chi connectivity index (χ0) is 11.7. The lowest BCUT2D eigenvalue weighted by Crippen LogP contribution is -2.10. The van der Waals surface area contributed by atoms with Gasteiger partial charge in [0.2, 0.25) is 0 Å². The second kappa shape index (κ2) is 4.20. The molecule has 0 amide bonds. The number of hydrogen-bond donors (Lipinski definition) is 1. The maximum absolute atomic E-state index is 6.23. The Hall–Kier alpha value is -1.85. The minimum absolute atomic E-state index is 0.192. The predicted octanol–water partition coefficient (Wildman–Crippen LogP) is 2.13. The second-order valence-corrected chi connectivity index (χ2v) is 4.56. The number of nitrogens with two attached hydrogens (primary N) is 1. The van der Waals surface area contributed by atoms with E-state index < -0.39 is 0 Å². The molecule has 3 rings (SSSR count). The summed E-state index contributed by atoms with van der Waals surface area (Å²) in [7, 11) is 0. The van der Waals surface area contributed by atoms with Crippen LogP contribution in [0.25, 0.3) is 10.8 Å². The van der Waals surface area contributed by atoms with Crippen LogP contribution in [0.3, 0.4) is 0 Å². The summed E-state index contributed by atoms with van der Waals surface area (Å²) in [5.74, 6) is 0. The van der Waals surface area contributed by atoms with Gasteiger partial charge < -0.3 is 5.73 Å². The number of fused-ring (bicyclic) bond motifs is 1. The molecule has 0 aliphatic heterocycles. The van der Waals surface area contributed by atoms with E-state index in [1.54, 1.807) is 12.4 Å². The van der Waals surface area contributed by atoms with Crippen LogP contribution < -0.4 is 5.73 Å². The quantitative estimate of drug-likeness (QED) is 0.747. The van der Waals surface area contributed by atoms with Crippen molar-refractivity contribution in [3.05, 3.63) is 53.3 Å². The summed E-state index contributed by atoms with van der Waals surface area (Å²) in [6, 6.07) is 7.87. The number of rotatable bonds is 2. The highest BCUT2D eigenvalue weighted by Gasteiger charge is 2.13. The van der Waals surface area contributed by atoms with E-state index >= 15 is 0 Å². The summed E-state index contributed by atoms with van der Waals surface area (Å²) in [6.07, 6.45) is 5.34. The lowest BCUT2D eigenvalue weighted by Gasteiger charge is -2.11. The van der Waals surface area contributed by atoms with Crippen molar-refractivity contribution < 1.29 is 0 Å². The molecule has 4 nitrogen and oxygen atoms in total. The van der Waals surface area contributed by atoms with Crippen LogP contribution in [-0.2, 0) is 0 Å². The lowest BCUT2D eigenvalue weighted by molar-refractivity contribution is 0.897. The summed E-state index contributed by atoms with van der Waals surface area (Å²) in [5, 5.41) is 6.05. The van der Waals surface area contributed by atoms with Crippen LogP contribution in [0.15, 0.2) is 42.9 Å². The Morgan fingerprint density at radius 1 is 1.18 bits per heavy atom. The van der Waals surface area contributed by atoms with Crippen LogP contribution in [0, 0.1) is 0 Å². The SMILES string of the molecule is NC(c1cnns1)c1cccc2ccncc12. The van der Waals surface area contributed by atoms with Crippen LogP contribution in [0.2, 0.25) is 0 Å². The summed E-state index contributed by atoms with van der Waals surface area (Å²) in [5.41, 5.74) is 7.29. The number of benzene rings is 1. The minimum atomic E-state index is -0.192. The van der Waals surface area contributed by atoms with E-state index in [2.05, 4.69) is 20.6 Å². The van der Waals surface area contributed by atoms with Crippen molar-refractivity contribution in [3.63, 3.8) is 0 Å². The van der Waals surface area contributed by atoms with E-state index in [0.717, 1.165) is 21.2 Å². The predicted molar refractivity (Wildman–Crippen MR) is 67.7 cm³/mol. The lowest BCUT2D eigenvalue weighted by atomic mass is 10.0. The van der Waals surface area contributed by atoms with Gasteiger partial charge in [0.15, 0.2) is 0 Å². The standard InChI is InChI=1S/C12H10N4S/c13-12(11-7-15-16-17-11)9-3-1-2-8-4-5-14-6-10(8)9/h1-7,12H,13H2. The molecule has 0 spiro atoms. The van der Waals surface area contributed by atoms with E-state index in [4.69, 9.17) is 5.73 Å². The first kappa shape index (κ1) is 10.3. The topological polar surface area (TPSA) is 64.7 Å². The van der Waals surface area contributed by atoms with E-state index in [-0.39, 0.29) is 6.04 Å². The number of pyridine rings is 1. The average Bonchev–Trinajstić information content (AvgIpc) is 2.91. The fraction of sp³-hybridized carbons (Fsp3) is 0.0833. The van der Waals surface area contributed by atoms with Crippen molar-refractivity contribution in [3.8, 4) is 0 Å². The third-order valence-electron chi connectivity index (χ3n) is 2.74. The van der Waals surface area contributed by atoms with E-state index in [0.29, 0.717) is 0 Å². The molecule has 84 valence electrons. The fourth-order valence-electron chi connectivity index (χ4n) is 1.87. The highest BCUT2D eigenvalue weighted by molar-refractivity contribution is 7.05. The number of nitrogens with zero attached hydrogens (tertiary/aromatic N) is 3. The molecule has 2 heterocycles. The van der Waals surface area contributed by atoms with Crippen LogP contribution in [0.5, 0.6) is 0 Å². The third-order valence-corrected chi connectivity index (χ3v) is 3.48. The van der Waals surface area contributed by atoms with Gasteiger partial charge in [-0.15, -0.1) is 5.10 Å². The van der Waals surface area contributed by atoms with Gasteiger partial charge in [-0.3, -0.25) is 4.98 Å². The Balaban J connectivity index is 2.17. The smallest absolute Gasteiger partial charge is 0.0685 e. The first-order valence-electron chi connectivity index (χ1n) is 5.22. The van der Waals surface area contributed by atoms with Gasteiger partial charge in [-0.25, -0.2) is 0 Å². The molecular formula is C12H10N4S. The van der Waals surface area contributed by atoms with Gasteiger partial charge in [-0.05, 0) is 28.5 Å². The van der Waals surface area contributed by atoms with Gasteiger partial charge in [0.25, 0.3) is 0 Å². The van der Waals surface area contributed by atoms with Gasteiger partial charge in [-0.1, -0.05) is 22.7 Å². The largest absolute Gasteiger partial charge is 0.319 e. The summed E-state index contributed by atoms with van der Waals surface area (Å²) in [6.45, 7) is 0. The van der Waals surface area contributed by atoms with E-state index in [1.807, 2.05) is 24.4 Å². The zero-order valence-corrected chi connectivity index (χ0v) is 9.76. The molecule has 0 aliphatic carbocycles. The molecule has 0 fully saturated rings. The molecule has 0 saturated carbocycles. The first-order valence-corrected chi connectivity index (χ1v) is 5.99. The maximum atomic E-state index is 6.23. The van der Waals surface area contributed by atoms with Crippen molar-refractivity contribution in [2.24, 2.45) is 5.73 Å². The molecule has 1 atom stereocenters. The van der Waals surface area contributed by atoms with Gasteiger partial charge in [0.05, 0.1) is 17.1 Å². The normalized spacial score (nSPS) is 12.8. The van der Waals surface area contributed by atoms with Crippen molar-refractivity contribution in [1.29, 1.82) is 0 Å². The molecule has 1 unspecified atom stereocenters. The van der Waals surface area contributed by atoms with E-state index in [1.165, 1.54) is 11.5 Å². The summed E-state index contributed by atoms with van der Waals surface area (Å²) < 4.78 is 3.84. The molecule has 0 radical (unpaired) electrons. The number of aromatic nitrogens is 3. The molecule has 1 aromatic carbocycles. The molecular weight excluding hydrogens is 232 g/mol. The Bertz CT molecular complexity index is 631. The van der Waals surface area contributed by atoms with Crippen molar-refractivity contribution >= 4 is 22.3 Å². The number of hydrogen-bond acceptors (Lipinski definition) is 5. The molecule has 0 aliphatic rings. The monoisotopic (exact) mass is 242 g/mol. The highest BCUT2D eigenvalue weighted by Crippen LogP contribution is 2.27. The Morgan fingerprint density at radius 3 is 2.94 bits per heavy atom. The Labute approximate surface area is 102 Å². The second-order valence-electron chi connectivity index (χ2n) is 3.74. The van der Waals surface area contributed by atoms with Crippen molar-refractivity contribution in [2.75, 3.05) is 0 Å². The van der Waals surface area contributed by atoms with Crippen molar-refractivity contribution in [1.82, 2.24) is 14.6 Å². The molecule has 3 aromatic rings. The van der Waals surface area contributed by atoms with Crippen LogP contribution in [0.1, 0.15) is 16.5 Å². The van der Waals surface area contributed by atoms with Gasteiger partial charge in [0, 0.05) is 17.8 Å². The average molecular weight is 242 g/mol. The molecule has 2 aromatic heterocycles. The molecule has 0 bridgehead atoms. The van der Waals surface area contributed by atoms with Crippen molar-refractivity contribution in [2.45, 2.75) is 6.04 Å². The molecule has 0 saturated heterocycles. The first-order chi connectivity index (χ1) is 8.36. The van der Waals surface area contributed by atoms with Gasteiger partial charge >= 0.3 is 0 Å². The molecule has 17 heavy (non-hydrogen) atoms. The zero-order valence-electron chi connectivity index (χ0n) is 8.95. The van der Waals surface area contributed by atoms with Crippen LogP contribution >= 0.6 is 11.5 Å².